The van der Waals surface area contributed by atoms with Crippen LogP contribution in [0.4, 0.5) is 17.5 Å². The second kappa shape index (κ2) is 10.1. The Morgan fingerprint density at radius 3 is 2.57 bits per heavy atom. The van der Waals surface area contributed by atoms with Gasteiger partial charge in [0.05, 0.1) is 14.2 Å². The molecule has 0 aliphatic rings. The molecule has 30 heavy (non-hydrogen) atoms. The molecule has 3 aromatic rings. The van der Waals surface area contributed by atoms with Crippen LogP contribution in [0, 0.1) is 6.92 Å². The van der Waals surface area contributed by atoms with Crippen molar-refractivity contribution in [2.45, 2.75) is 6.92 Å². The molecule has 0 saturated carbocycles. The van der Waals surface area contributed by atoms with Crippen LogP contribution in [0.25, 0.3) is 0 Å². The fraction of sp³-hybridized carbons (Fsp3) is 0.238. The minimum atomic E-state index is -0.256. The van der Waals surface area contributed by atoms with E-state index in [4.69, 9.17) is 9.47 Å². The van der Waals surface area contributed by atoms with Gasteiger partial charge in [-0.2, -0.15) is 4.98 Å². The van der Waals surface area contributed by atoms with E-state index < -0.39 is 0 Å². The summed E-state index contributed by atoms with van der Waals surface area (Å²) >= 11 is 0. The summed E-state index contributed by atoms with van der Waals surface area (Å²) in [7, 11) is 3.11. The minimum absolute atomic E-state index is 0.256. The van der Waals surface area contributed by atoms with Gasteiger partial charge in [-0.3, -0.25) is 4.79 Å². The van der Waals surface area contributed by atoms with Crippen molar-refractivity contribution >= 4 is 23.4 Å². The van der Waals surface area contributed by atoms with Gasteiger partial charge in [0.1, 0.15) is 17.1 Å². The lowest BCUT2D eigenvalue weighted by Crippen LogP contribution is -2.29. The van der Waals surface area contributed by atoms with Gasteiger partial charge in [0.2, 0.25) is 11.8 Å². The maximum Gasteiger partial charge on any atom is 0.256 e. The molecular formula is C21H24N6O3. The molecule has 0 saturated heterocycles. The van der Waals surface area contributed by atoms with Gasteiger partial charge in [-0.05, 0) is 43.3 Å². The molecule has 0 aliphatic heterocycles. The lowest BCUT2D eigenvalue weighted by molar-refractivity contribution is 0.0951. The van der Waals surface area contributed by atoms with E-state index >= 15 is 0 Å². The van der Waals surface area contributed by atoms with Crippen LogP contribution in [-0.4, -0.2) is 48.2 Å². The average Bonchev–Trinajstić information content (AvgIpc) is 2.76. The van der Waals surface area contributed by atoms with Crippen molar-refractivity contribution in [3.63, 3.8) is 0 Å². The molecule has 3 N–H and O–H groups in total. The van der Waals surface area contributed by atoms with Crippen LogP contribution in [-0.2, 0) is 0 Å². The predicted molar refractivity (Wildman–Crippen MR) is 115 cm³/mol. The first-order chi connectivity index (χ1) is 14.6. The van der Waals surface area contributed by atoms with E-state index in [1.165, 1.54) is 7.11 Å². The van der Waals surface area contributed by atoms with E-state index in [0.29, 0.717) is 36.3 Å². The molecule has 0 bridgehead atoms. The second-order valence-corrected chi connectivity index (χ2v) is 6.31. The lowest BCUT2D eigenvalue weighted by Gasteiger charge is -2.11. The molecule has 0 unspecified atom stereocenters. The van der Waals surface area contributed by atoms with E-state index in [-0.39, 0.29) is 5.91 Å². The monoisotopic (exact) mass is 408 g/mol. The van der Waals surface area contributed by atoms with Gasteiger partial charge < -0.3 is 25.4 Å². The van der Waals surface area contributed by atoms with Gasteiger partial charge in [-0.1, -0.05) is 0 Å². The topological polar surface area (TPSA) is 110 Å². The van der Waals surface area contributed by atoms with Crippen LogP contribution in [0.1, 0.15) is 16.1 Å². The second-order valence-electron chi connectivity index (χ2n) is 6.31. The molecule has 2 heterocycles. The number of ether oxygens (including phenoxy) is 2. The SMILES string of the molecule is COc1ccc(Nc2cc(C)nc(NCCNC(=O)c3cccnc3OC)n2)cc1. The summed E-state index contributed by atoms with van der Waals surface area (Å²) in [6, 6.07) is 12.8. The summed E-state index contributed by atoms with van der Waals surface area (Å²) in [4.78, 5) is 25.2. The number of amides is 1. The van der Waals surface area contributed by atoms with Gasteiger partial charge >= 0.3 is 0 Å². The normalized spacial score (nSPS) is 10.2. The number of anilines is 3. The number of aromatic nitrogens is 3. The summed E-state index contributed by atoms with van der Waals surface area (Å²) in [5.74, 6) is 1.96. The number of aryl methyl sites for hydroxylation is 1. The zero-order chi connectivity index (χ0) is 21.3. The molecular weight excluding hydrogens is 384 g/mol. The number of nitrogens with one attached hydrogen (secondary N) is 3. The van der Waals surface area contributed by atoms with Crippen LogP contribution in [0.2, 0.25) is 0 Å². The summed E-state index contributed by atoms with van der Waals surface area (Å²) in [5, 5.41) is 9.18. The Hall–Kier alpha value is -3.88. The molecule has 0 atom stereocenters. The van der Waals surface area contributed by atoms with Crippen molar-refractivity contribution in [3.8, 4) is 11.6 Å². The molecule has 9 nitrogen and oxygen atoms in total. The molecule has 156 valence electrons. The van der Waals surface area contributed by atoms with Crippen molar-refractivity contribution in [2.75, 3.05) is 37.9 Å². The molecule has 0 fully saturated rings. The van der Waals surface area contributed by atoms with Gasteiger partial charge in [0.25, 0.3) is 5.91 Å². The van der Waals surface area contributed by atoms with Crippen LogP contribution >= 0.6 is 0 Å². The highest BCUT2D eigenvalue weighted by molar-refractivity contribution is 5.96. The van der Waals surface area contributed by atoms with Crippen molar-refractivity contribution in [1.82, 2.24) is 20.3 Å². The summed E-state index contributed by atoms with van der Waals surface area (Å²) in [6.45, 7) is 2.73. The third kappa shape index (κ3) is 5.57. The number of pyridine rings is 1. The molecule has 1 aromatic carbocycles. The molecule has 1 amide bonds. The van der Waals surface area contributed by atoms with Gasteiger partial charge in [0.15, 0.2) is 0 Å². The third-order valence-corrected chi connectivity index (χ3v) is 4.12. The van der Waals surface area contributed by atoms with Crippen molar-refractivity contribution < 1.29 is 14.3 Å². The zero-order valence-electron chi connectivity index (χ0n) is 17.1. The fourth-order valence-electron chi connectivity index (χ4n) is 2.71. The standard InChI is InChI=1S/C21H24N6O3/c1-14-13-18(26-15-6-8-16(29-2)9-7-15)27-21(25-14)24-12-11-22-19(28)17-5-4-10-23-20(17)30-3/h4-10,13H,11-12H2,1-3H3,(H,22,28)(H2,24,25,26,27). The Morgan fingerprint density at radius 1 is 1.03 bits per heavy atom. The molecule has 2 aromatic heterocycles. The average molecular weight is 408 g/mol. The molecule has 3 rings (SSSR count). The molecule has 0 radical (unpaired) electrons. The number of nitrogens with zero attached hydrogens (tertiary/aromatic N) is 3. The van der Waals surface area contributed by atoms with E-state index in [0.717, 1.165) is 17.1 Å². The summed E-state index contributed by atoms with van der Waals surface area (Å²) < 4.78 is 10.3. The van der Waals surface area contributed by atoms with Gasteiger partial charge in [-0.15, -0.1) is 0 Å². The van der Waals surface area contributed by atoms with Gasteiger partial charge in [-0.25, -0.2) is 9.97 Å². The Balaban J connectivity index is 1.54. The van der Waals surface area contributed by atoms with Crippen LogP contribution < -0.4 is 25.4 Å². The Bertz CT molecular complexity index is 994. The van der Waals surface area contributed by atoms with Crippen LogP contribution in [0.3, 0.4) is 0 Å². The molecule has 9 heteroatoms. The van der Waals surface area contributed by atoms with Crippen molar-refractivity contribution in [3.05, 3.63) is 59.9 Å². The first kappa shape index (κ1) is 20.8. The maximum absolute atomic E-state index is 12.3. The molecule has 0 spiro atoms. The van der Waals surface area contributed by atoms with Gasteiger partial charge in [0, 0.05) is 36.7 Å². The number of carbonyl (C=O) groups excluding carboxylic acids is 1. The number of benzene rings is 1. The van der Waals surface area contributed by atoms with Crippen LogP contribution in [0.15, 0.2) is 48.7 Å². The lowest BCUT2D eigenvalue weighted by atomic mass is 10.2. The zero-order valence-corrected chi connectivity index (χ0v) is 17.1. The fourth-order valence-corrected chi connectivity index (χ4v) is 2.71. The Kier molecular flexibility index (Phi) is 6.99. The quantitative estimate of drug-likeness (QED) is 0.464. The number of hydrogen-bond acceptors (Lipinski definition) is 8. The Morgan fingerprint density at radius 2 is 1.83 bits per heavy atom. The third-order valence-electron chi connectivity index (χ3n) is 4.12. The number of carbonyl (C=O) groups is 1. The van der Waals surface area contributed by atoms with E-state index in [9.17, 15) is 4.79 Å². The molecule has 0 aliphatic carbocycles. The highest BCUT2D eigenvalue weighted by Gasteiger charge is 2.12. The van der Waals surface area contributed by atoms with Crippen molar-refractivity contribution in [2.24, 2.45) is 0 Å². The highest BCUT2D eigenvalue weighted by Crippen LogP contribution is 2.20. The van der Waals surface area contributed by atoms with E-state index in [1.54, 1.807) is 25.4 Å². The number of rotatable bonds is 9. The van der Waals surface area contributed by atoms with Crippen LogP contribution in [0.5, 0.6) is 11.6 Å². The maximum atomic E-state index is 12.3. The predicted octanol–water partition coefficient (Wildman–Crippen LogP) is 2.78. The first-order valence-electron chi connectivity index (χ1n) is 9.37. The van der Waals surface area contributed by atoms with Crippen molar-refractivity contribution in [1.29, 1.82) is 0 Å². The smallest absolute Gasteiger partial charge is 0.256 e. The summed E-state index contributed by atoms with van der Waals surface area (Å²) in [5.41, 5.74) is 2.09. The first-order valence-corrected chi connectivity index (χ1v) is 9.37. The summed E-state index contributed by atoms with van der Waals surface area (Å²) in [6.07, 6.45) is 1.57. The highest BCUT2D eigenvalue weighted by atomic mass is 16.5. The number of hydrogen-bond donors (Lipinski definition) is 3. The van der Waals surface area contributed by atoms with E-state index in [1.807, 2.05) is 37.3 Å². The largest absolute Gasteiger partial charge is 0.497 e. The minimum Gasteiger partial charge on any atom is -0.497 e. The number of methoxy groups -OCH3 is 2. The van der Waals surface area contributed by atoms with E-state index in [2.05, 4.69) is 30.9 Å². The Labute approximate surface area is 174 Å².